The average Bonchev–Trinajstić information content (AvgIpc) is 2.44. The Bertz CT molecular complexity index is 708. The van der Waals surface area contributed by atoms with Crippen LogP contribution >= 0.6 is 11.8 Å². The van der Waals surface area contributed by atoms with Gasteiger partial charge in [0, 0.05) is 6.20 Å². The van der Waals surface area contributed by atoms with Crippen molar-refractivity contribution in [2.45, 2.75) is 23.9 Å². The smallest absolute Gasteiger partial charge is 0.337 e. The van der Waals surface area contributed by atoms with Crippen molar-refractivity contribution in [1.29, 1.82) is 5.26 Å². The van der Waals surface area contributed by atoms with Gasteiger partial charge in [0.15, 0.2) is 0 Å². The van der Waals surface area contributed by atoms with E-state index in [2.05, 4.69) is 21.3 Å². The van der Waals surface area contributed by atoms with E-state index in [1.807, 2.05) is 6.92 Å². The van der Waals surface area contributed by atoms with Crippen molar-refractivity contribution in [2.75, 3.05) is 0 Å². The van der Waals surface area contributed by atoms with Crippen molar-refractivity contribution in [3.63, 3.8) is 0 Å². The molecule has 0 unspecified atom stereocenters. The Morgan fingerprint density at radius 1 is 1.35 bits per heavy atom. The molecule has 0 aliphatic carbocycles. The molecule has 2 heterocycles. The SMILES string of the molecule is Cc1nnc(Sc2ccc(C(=O)O)cn2)c(C#N)c1C. The standard InChI is InChI=1S/C13H10N4O2S/c1-7-8(2)16-17-12(10(7)5-14)20-11-4-3-9(6-15-11)13(18)19/h3-4,6H,1-2H3,(H,18,19). The van der Waals surface area contributed by atoms with Crippen molar-refractivity contribution in [3.8, 4) is 6.07 Å². The highest BCUT2D eigenvalue weighted by molar-refractivity contribution is 7.99. The minimum absolute atomic E-state index is 0.112. The third-order valence-corrected chi connectivity index (χ3v) is 3.65. The number of aromatic nitrogens is 3. The van der Waals surface area contributed by atoms with E-state index < -0.39 is 5.97 Å². The lowest BCUT2D eigenvalue weighted by Crippen LogP contribution is -2.00. The van der Waals surface area contributed by atoms with E-state index in [-0.39, 0.29) is 5.56 Å². The predicted octanol–water partition coefficient (Wildman–Crippen LogP) is 2.21. The van der Waals surface area contributed by atoms with Gasteiger partial charge in [-0.1, -0.05) is 0 Å². The molecule has 0 saturated carbocycles. The fourth-order valence-electron chi connectivity index (χ4n) is 1.46. The molecule has 0 radical (unpaired) electrons. The first-order chi connectivity index (χ1) is 9.52. The Labute approximate surface area is 119 Å². The van der Waals surface area contributed by atoms with Crippen LogP contribution in [0.2, 0.25) is 0 Å². The normalized spacial score (nSPS) is 10.1. The van der Waals surface area contributed by atoms with Crippen LogP contribution in [0.15, 0.2) is 28.4 Å². The molecule has 1 N–H and O–H groups in total. The van der Waals surface area contributed by atoms with Crippen LogP contribution in [0.25, 0.3) is 0 Å². The average molecular weight is 286 g/mol. The summed E-state index contributed by atoms with van der Waals surface area (Å²) in [5, 5.41) is 27.0. The van der Waals surface area contributed by atoms with Crippen molar-refractivity contribution < 1.29 is 9.90 Å². The Morgan fingerprint density at radius 3 is 2.65 bits per heavy atom. The quantitative estimate of drug-likeness (QED) is 0.923. The molecule has 0 saturated heterocycles. The number of aromatic carboxylic acids is 1. The van der Waals surface area contributed by atoms with Crippen molar-refractivity contribution in [2.24, 2.45) is 0 Å². The summed E-state index contributed by atoms with van der Waals surface area (Å²) >= 11 is 1.18. The number of hydrogen-bond donors (Lipinski definition) is 1. The first-order valence-electron chi connectivity index (χ1n) is 5.64. The summed E-state index contributed by atoms with van der Waals surface area (Å²) in [5.41, 5.74) is 2.07. The van der Waals surface area contributed by atoms with E-state index in [1.54, 1.807) is 13.0 Å². The summed E-state index contributed by atoms with van der Waals surface area (Å²) in [6.45, 7) is 3.60. The molecule has 0 amide bonds. The van der Waals surface area contributed by atoms with Crippen LogP contribution in [-0.2, 0) is 0 Å². The van der Waals surface area contributed by atoms with E-state index in [0.29, 0.717) is 21.3 Å². The van der Waals surface area contributed by atoms with Gasteiger partial charge in [-0.2, -0.15) is 10.4 Å². The minimum atomic E-state index is -1.03. The zero-order valence-corrected chi connectivity index (χ0v) is 11.6. The lowest BCUT2D eigenvalue weighted by molar-refractivity contribution is 0.0696. The summed E-state index contributed by atoms with van der Waals surface area (Å²) in [4.78, 5) is 14.8. The summed E-state index contributed by atoms with van der Waals surface area (Å²) in [7, 11) is 0. The van der Waals surface area contributed by atoms with Crippen LogP contribution < -0.4 is 0 Å². The van der Waals surface area contributed by atoms with Crippen LogP contribution in [0.4, 0.5) is 0 Å². The Hall–Kier alpha value is -2.46. The van der Waals surface area contributed by atoms with Gasteiger partial charge >= 0.3 is 5.97 Å². The topological polar surface area (TPSA) is 99.8 Å². The fourth-order valence-corrected chi connectivity index (χ4v) is 2.28. The zero-order valence-electron chi connectivity index (χ0n) is 10.8. The van der Waals surface area contributed by atoms with E-state index in [9.17, 15) is 10.1 Å². The summed E-state index contributed by atoms with van der Waals surface area (Å²) in [6, 6.07) is 5.14. The summed E-state index contributed by atoms with van der Waals surface area (Å²) < 4.78 is 0. The second-order valence-electron chi connectivity index (χ2n) is 3.99. The van der Waals surface area contributed by atoms with Gasteiger partial charge in [0.2, 0.25) is 0 Å². The number of nitriles is 1. The van der Waals surface area contributed by atoms with Crippen molar-refractivity contribution >= 4 is 17.7 Å². The number of nitrogens with zero attached hydrogens (tertiary/aromatic N) is 4. The van der Waals surface area contributed by atoms with E-state index in [4.69, 9.17) is 5.11 Å². The van der Waals surface area contributed by atoms with Crippen LogP contribution in [-0.4, -0.2) is 26.3 Å². The minimum Gasteiger partial charge on any atom is -0.478 e. The number of rotatable bonds is 3. The van der Waals surface area contributed by atoms with Crippen LogP contribution in [0, 0.1) is 25.2 Å². The molecule has 0 atom stereocenters. The van der Waals surface area contributed by atoms with Crippen LogP contribution in [0.3, 0.4) is 0 Å². The molecule has 0 aliphatic rings. The van der Waals surface area contributed by atoms with E-state index in [1.165, 1.54) is 24.0 Å². The van der Waals surface area contributed by atoms with E-state index in [0.717, 1.165) is 5.56 Å². The molecule has 2 aromatic rings. The van der Waals surface area contributed by atoms with Gasteiger partial charge in [0.25, 0.3) is 0 Å². The molecule has 20 heavy (non-hydrogen) atoms. The van der Waals surface area contributed by atoms with Gasteiger partial charge in [0.1, 0.15) is 16.1 Å². The second kappa shape index (κ2) is 5.67. The molecule has 6 nitrogen and oxygen atoms in total. The van der Waals surface area contributed by atoms with E-state index >= 15 is 0 Å². The number of aryl methyl sites for hydroxylation is 1. The lowest BCUT2D eigenvalue weighted by atomic mass is 10.1. The van der Waals surface area contributed by atoms with Gasteiger partial charge in [-0.3, -0.25) is 0 Å². The van der Waals surface area contributed by atoms with Crippen molar-refractivity contribution in [1.82, 2.24) is 15.2 Å². The third kappa shape index (κ3) is 2.75. The van der Waals surface area contributed by atoms with Gasteiger partial charge in [-0.25, -0.2) is 9.78 Å². The largest absolute Gasteiger partial charge is 0.478 e. The number of hydrogen-bond acceptors (Lipinski definition) is 6. The molecule has 7 heteroatoms. The summed E-state index contributed by atoms with van der Waals surface area (Å²) in [5.74, 6) is -1.03. The summed E-state index contributed by atoms with van der Waals surface area (Å²) in [6.07, 6.45) is 1.27. The van der Waals surface area contributed by atoms with Crippen LogP contribution in [0.1, 0.15) is 27.2 Å². The number of carbonyl (C=O) groups is 1. The highest BCUT2D eigenvalue weighted by Crippen LogP contribution is 2.28. The molecule has 0 fully saturated rings. The number of carboxylic acids is 1. The van der Waals surface area contributed by atoms with Gasteiger partial charge in [-0.05, 0) is 43.3 Å². The number of pyridine rings is 1. The molecule has 2 aromatic heterocycles. The first kappa shape index (κ1) is 14.0. The molecule has 0 aromatic carbocycles. The molecular formula is C13H10N4O2S. The second-order valence-corrected chi connectivity index (χ2v) is 5.00. The lowest BCUT2D eigenvalue weighted by Gasteiger charge is -2.06. The van der Waals surface area contributed by atoms with Crippen molar-refractivity contribution in [3.05, 3.63) is 40.7 Å². The molecule has 0 spiro atoms. The fraction of sp³-hybridized carbons (Fsp3) is 0.154. The van der Waals surface area contributed by atoms with Gasteiger partial charge in [0.05, 0.1) is 16.8 Å². The number of carboxylic acid groups (broad SMARTS) is 1. The Kier molecular flexibility index (Phi) is 3.96. The van der Waals surface area contributed by atoms with Crippen LogP contribution in [0.5, 0.6) is 0 Å². The zero-order chi connectivity index (χ0) is 14.7. The molecule has 100 valence electrons. The Morgan fingerprint density at radius 2 is 2.10 bits per heavy atom. The highest BCUT2D eigenvalue weighted by atomic mass is 32.2. The highest BCUT2D eigenvalue weighted by Gasteiger charge is 2.13. The predicted molar refractivity (Wildman–Crippen MR) is 71.5 cm³/mol. The molecule has 0 aliphatic heterocycles. The third-order valence-electron chi connectivity index (χ3n) is 2.72. The molecule has 0 bridgehead atoms. The molecular weight excluding hydrogens is 276 g/mol. The maximum atomic E-state index is 10.7. The monoisotopic (exact) mass is 286 g/mol. The maximum Gasteiger partial charge on any atom is 0.337 e. The van der Waals surface area contributed by atoms with Gasteiger partial charge in [-0.15, -0.1) is 5.10 Å². The molecule has 2 rings (SSSR count). The maximum absolute atomic E-state index is 10.7. The Balaban J connectivity index is 2.33. The first-order valence-corrected chi connectivity index (χ1v) is 6.45. The van der Waals surface area contributed by atoms with Gasteiger partial charge < -0.3 is 5.11 Å².